The summed E-state index contributed by atoms with van der Waals surface area (Å²) in [6, 6.07) is 5.19. The van der Waals surface area contributed by atoms with Gasteiger partial charge in [-0.05, 0) is 44.9 Å². The minimum absolute atomic E-state index is 0.0508. The van der Waals surface area contributed by atoms with Crippen LogP contribution in [0.15, 0.2) is 23.1 Å². The van der Waals surface area contributed by atoms with E-state index in [1.165, 1.54) is 0 Å². The standard InChI is InChI=1S/C24H42N4O4S/c1-5-9-10-20(6-2)24(29)26-21-11-12-22(28(7-3)8-4)23(19-21)33(30,31)25-13-14-27-15-17-32-18-16-27/h11-12,19-20,25H,5-10,13-18H2,1-4H3,(H,26,29). The maximum Gasteiger partial charge on any atom is 0.242 e. The zero-order valence-electron chi connectivity index (χ0n) is 20.7. The minimum Gasteiger partial charge on any atom is -0.379 e. The van der Waals surface area contributed by atoms with E-state index in [4.69, 9.17) is 4.74 Å². The third kappa shape index (κ3) is 8.24. The van der Waals surface area contributed by atoms with Gasteiger partial charge in [-0.2, -0.15) is 0 Å². The van der Waals surface area contributed by atoms with Crippen molar-refractivity contribution in [3.05, 3.63) is 18.2 Å². The van der Waals surface area contributed by atoms with E-state index in [2.05, 4.69) is 21.9 Å². The van der Waals surface area contributed by atoms with Crippen LogP contribution in [0.1, 0.15) is 53.4 Å². The average Bonchev–Trinajstić information content (AvgIpc) is 2.81. The van der Waals surface area contributed by atoms with E-state index >= 15 is 0 Å². The number of nitrogens with one attached hydrogen (secondary N) is 2. The molecule has 2 rings (SSSR count). The molecule has 1 amide bonds. The Labute approximate surface area is 200 Å². The highest BCUT2D eigenvalue weighted by Gasteiger charge is 2.23. The Hall–Kier alpha value is -1.68. The molecule has 1 aromatic rings. The molecule has 33 heavy (non-hydrogen) atoms. The maximum atomic E-state index is 13.3. The Morgan fingerprint density at radius 1 is 1.15 bits per heavy atom. The zero-order valence-corrected chi connectivity index (χ0v) is 21.5. The van der Waals surface area contributed by atoms with Crippen molar-refractivity contribution in [3.8, 4) is 0 Å². The lowest BCUT2D eigenvalue weighted by molar-refractivity contribution is -0.120. The van der Waals surface area contributed by atoms with Gasteiger partial charge in [0.05, 0.1) is 18.9 Å². The van der Waals surface area contributed by atoms with Crippen LogP contribution in [0.2, 0.25) is 0 Å². The fourth-order valence-corrected chi connectivity index (χ4v) is 5.36. The fraction of sp³-hybridized carbons (Fsp3) is 0.708. The van der Waals surface area contributed by atoms with Crippen LogP contribution < -0.4 is 14.9 Å². The predicted molar refractivity (Wildman–Crippen MR) is 134 cm³/mol. The molecular weight excluding hydrogens is 440 g/mol. The second-order valence-electron chi connectivity index (χ2n) is 8.44. The van der Waals surface area contributed by atoms with Gasteiger partial charge in [0.15, 0.2) is 0 Å². The normalized spacial score (nSPS) is 15.9. The summed E-state index contributed by atoms with van der Waals surface area (Å²) in [5, 5.41) is 2.95. The summed E-state index contributed by atoms with van der Waals surface area (Å²) in [6.07, 6.45) is 3.64. The van der Waals surface area contributed by atoms with Crippen LogP contribution in [0, 0.1) is 5.92 Å². The number of morpholine rings is 1. The van der Waals surface area contributed by atoms with E-state index in [9.17, 15) is 13.2 Å². The van der Waals surface area contributed by atoms with Crippen molar-refractivity contribution in [2.75, 3.05) is 62.7 Å². The van der Waals surface area contributed by atoms with Crippen molar-refractivity contribution in [2.24, 2.45) is 5.92 Å². The molecule has 0 bridgehead atoms. The van der Waals surface area contributed by atoms with E-state index in [0.29, 0.717) is 50.8 Å². The zero-order chi connectivity index (χ0) is 24.3. The first-order valence-corrected chi connectivity index (χ1v) is 13.8. The number of amides is 1. The Kier molecular flexibility index (Phi) is 11.6. The lowest BCUT2D eigenvalue weighted by atomic mass is 9.98. The molecular formula is C24H42N4O4S. The number of hydrogen-bond donors (Lipinski definition) is 2. The topological polar surface area (TPSA) is 91.0 Å². The lowest BCUT2D eigenvalue weighted by Gasteiger charge is -2.27. The van der Waals surface area contributed by atoms with Gasteiger partial charge in [-0.25, -0.2) is 13.1 Å². The summed E-state index contributed by atoms with van der Waals surface area (Å²) >= 11 is 0. The van der Waals surface area contributed by atoms with E-state index in [0.717, 1.165) is 38.8 Å². The molecule has 2 N–H and O–H groups in total. The van der Waals surface area contributed by atoms with Gasteiger partial charge in [-0.15, -0.1) is 0 Å². The van der Waals surface area contributed by atoms with E-state index in [1.54, 1.807) is 18.2 Å². The molecule has 0 aliphatic carbocycles. The Morgan fingerprint density at radius 2 is 1.85 bits per heavy atom. The molecule has 188 valence electrons. The molecule has 1 atom stereocenters. The second-order valence-corrected chi connectivity index (χ2v) is 10.2. The van der Waals surface area contributed by atoms with Crippen molar-refractivity contribution < 1.29 is 17.9 Å². The Bertz CT molecular complexity index is 837. The summed E-state index contributed by atoms with van der Waals surface area (Å²) < 4.78 is 34.7. The minimum atomic E-state index is -3.76. The lowest BCUT2D eigenvalue weighted by Crippen LogP contribution is -2.41. The summed E-state index contributed by atoms with van der Waals surface area (Å²) in [7, 11) is -3.76. The number of carbonyl (C=O) groups is 1. The smallest absolute Gasteiger partial charge is 0.242 e. The van der Waals surface area contributed by atoms with Crippen molar-refractivity contribution in [1.29, 1.82) is 0 Å². The van der Waals surface area contributed by atoms with Crippen LogP contribution in [-0.2, 0) is 19.6 Å². The van der Waals surface area contributed by atoms with Gasteiger partial charge < -0.3 is 15.0 Å². The van der Waals surface area contributed by atoms with Gasteiger partial charge in [-0.1, -0.05) is 26.7 Å². The molecule has 9 heteroatoms. The van der Waals surface area contributed by atoms with Crippen molar-refractivity contribution in [1.82, 2.24) is 9.62 Å². The average molecular weight is 483 g/mol. The van der Waals surface area contributed by atoms with E-state index < -0.39 is 10.0 Å². The largest absolute Gasteiger partial charge is 0.379 e. The number of nitrogens with zero attached hydrogens (tertiary/aromatic N) is 2. The van der Waals surface area contributed by atoms with Gasteiger partial charge in [0.2, 0.25) is 15.9 Å². The van der Waals surface area contributed by atoms with Gasteiger partial charge in [0.25, 0.3) is 0 Å². The van der Waals surface area contributed by atoms with E-state index in [1.807, 2.05) is 25.7 Å². The molecule has 0 spiro atoms. The third-order valence-corrected chi connectivity index (χ3v) is 7.70. The second kappa shape index (κ2) is 13.9. The summed E-state index contributed by atoms with van der Waals surface area (Å²) in [5.74, 6) is -0.121. The quantitative estimate of drug-likeness (QED) is 0.423. The van der Waals surface area contributed by atoms with Crippen LogP contribution in [0.5, 0.6) is 0 Å². The van der Waals surface area contributed by atoms with Crippen LogP contribution in [0.3, 0.4) is 0 Å². The molecule has 1 aliphatic heterocycles. The number of hydrogen-bond acceptors (Lipinski definition) is 6. The number of anilines is 2. The van der Waals surface area contributed by atoms with Crippen LogP contribution in [0.25, 0.3) is 0 Å². The molecule has 1 saturated heterocycles. The Morgan fingerprint density at radius 3 is 2.45 bits per heavy atom. The molecule has 0 aromatic heterocycles. The fourth-order valence-electron chi connectivity index (χ4n) is 4.09. The van der Waals surface area contributed by atoms with E-state index in [-0.39, 0.29) is 16.7 Å². The van der Waals surface area contributed by atoms with Gasteiger partial charge in [0.1, 0.15) is 4.90 Å². The number of ether oxygens (including phenoxy) is 1. The summed E-state index contributed by atoms with van der Waals surface area (Å²) in [5.41, 5.74) is 1.16. The third-order valence-electron chi connectivity index (χ3n) is 6.21. The monoisotopic (exact) mass is 482 g/mol. The number of rotatable bonds is 14. The molecule has 1 aromatic carbocycles. The first-order chi connectivity index (χ1) is 15.9. The van der Waals surface area contributed by atoms with Gasteiger partial charge in [0, 0.05) is 50.9 Å². The van der Waals surface area contributed by atoms with Gasteiger partial charge in [-0.3, -0.25) is 9.69 Å². The molecule has 1 unspecified atom stereocenters. The highest BCUT2D eigenvalue weighted by molar-refractivity contribution is 7.89. The Balaban J connectivity index is 2.21. The molecule has 1 heterocycles. The molecule has 8 nitrogen and oxygen atoms in total. The van der Waals surface area contributed by atoms with Crippen molar-refractivity contribution in [3.63, 3.8) is 0 Å². The van der Waals surface area contributed by atoms with Crippen molar-refractivity contribution in [2.45, 2.75) is 58.3 Å². The predicted octanol–water partition coefficient (Wildman–Crippen LogP) is 3.30. The molecule has 1 fully saturated rings. The number of unbranched alkanes of at least 4 members (excludes halogenated alkanes) is 1. The SMILES string of the molecule is CCCCC(CC)C(=O)Nc1ccc(N(CC)CC)c(S(=O)(=O)NCCN2CCOCC2)c1. The van der Waals surface area contributed by atoms with Crippen molar-refractivity contribution >= 4 is 27.3 Å². The summed E-state index contributed by atoms with van der Waals surface area (Å²) in [6.45, 7) is 13.4. The van der Waals surface area contributed by atoms with Gasteiger partial charge >= 0.3 is 0 Å². The highest BCUT2D eigenvalue weighted by Crippen LogP contribution is 2.29. The summed E-state index contributed by atoms with van der Waals surface area (Å²) in [4.78, 5) is 17.2. The van der Waals surface area contributed by atoms with Crippen LogP contribution in [-0.4, -0.2) is 71.7 Å². The van der Waals surface area contributed by atoms with Crippen LogP contribution in [0.4, 0.5) is 11.4 Å². The first kappa shape index (κ1) is 27.6. The van der Waals surface area contributed by atoms with Crippen LogP contribution >= 0.6 is 0 Å². The molecule has 0 saturated carbocycles. The maximum absolute atomic E-state index is 13.3. The number of sulfonamides is 1. The first-order valence-electron chi connectivity index (χ1n) is 12.4. The number of benzene rings is 1. The molecule has 0 radical (unpaired) electrons. The highest BCUT2D eigenvalue weighted by atomic mass is 32.2. The number of carbonyl (C=O) groups excluding carboxylic acids is 1. The molecule has 1 aliphatic rings.